The summed E-state index contributed by atoms with van der Waals surface area (Å²) in [5, 5.41) is 18.2. The van der Waals surface area contributed by atoms with Crippen LogP contribution in [0, 0.1) is 25.2 Å². The summed E-state index contributed by atoms with van der Waals surface area (Å²) in [5.41, 5.74) is 3.45. The molecule has 0 saturated carbocycles. The Bertz CT molecular complexity index is 1340. The second kappa shape index (κ2) is 8.25. The van der Waals surface area contributed by atoms with Crippen LogP contribution in [0.2, 0.25) is 0 Å². The zero-order chi connectivity index (χ0) is 22.3. The Kier molecular flexibility index (Phi) is 5.65. The zero-order valence-corrected chi connectivity index (χ0v) is 19.7. The second-order valence-electron chi connectivity index (χ2n) is 7.68. The first kappa shape index (κ1) is 21.2. The number of amides is 1. The SMILES string of the molecule is CCc1cc(C#N)c(NC(=O)c2cc(-c3cc(C)sc3C)nc3c2cnn3C(C)C)s1. The number of nitrogens with one attached hydrogen (secondary N) is 1. The first-order valence-corrected chi connectivity index (χ1v) is 11.8. The van der Waals surface area contributed by atoms with Gasteiger partial charge < -0.3 is 5.32 Å². The standard InChI is InChI=1S/C23H23N5OS2/c1-6-16-8-15(10-24)23(31-16)27-22(29)18-9-20(17-7-13(4)30-14(17)5)26-21-19(18)11-25-28(21)12(2)3/h7-9,11-12H,6H2,1-5H3,(H,27,29). The maximum atomic E-state index is 13.4. The molecule has 31 heavy (non-hydrogen) atoms. The van der Waals surface area contributed by atoms with E-state index in [2.05, 4.69) is 36.4 Å². The lowest BCUT2D eigenvalue weighted by Crippen LogP contribution is -2.13. The Morgan fingerprint density at radius 2 is 2.03 bits per heavy atom. The molecule has 0 saturated heterocycles. The first-order valence-electron chi connectivity index (χ1n) is 10.1. The third-order valence-corrected chi connectivity index (χ3v) is 7.26. The van der Waals surface area contributed by atoms with Gasteiger partial charge in [-0.15, -0.1) is 22.7 Å². The highest BCUT2D eigenvalue weighted by Crippen LogP contribution is 2.34. The quantitative estimate of drug-likeness (QED) is 0.399. The lowest BCUT2D eigenvalue weighted by molar-refractivity contribution is 0.102. The van der Waals surface area contributed by atoms with Crippen molar-refractivity contribution in [2.75, 3.05) is 5.32 Å². The molecule has 0 unspecified atom stereocenters. The highest BCUT2D eigenvalue weighted by molar-refractivity contribution is 7.16. The summed E-state index contributed by atoms with van der Waals surface area (Å²) in [7, 11) is 0. The van der Waals surface area contributed by atoms with Crippen LogP contribution in [-0.2, 0) is 6.42 Å². The van der Waals surface area contributed by atoms with Gasteiger partial charge in [-0.2, -0.15) is 10.4 Å². The predicted octanol–water partition coefficient (Wildman–Crippen LogP) is 6.11. The van der Waals surface area contributed by atoms with E-state index in [9.17, 15) is 10.1 Å². The lowest BCUT2D eigenvalue weighted by atomic mass is 10.1. The van der Waals surface area contributed by atoms with Crippen molar-refractivity contribution in [1.82, 2.24) is 14.8 Å². The van der Waals surface area contributed by atoms with Gasteiger partial charge in [0.15, 0.2) is 5.65 Å². The van der Waals surface area contributed by atoms with Gasteiger partial charge in [-0.05, 0) is 52.3 Å². The number of nitriles is 1. The average molecular weight is 450 g/mol. The van der Waals surface area contributed by atoms with Crippen molar-refractivity contribution in [1.29, 1.82) is 5.26 Å². The number of anilines is 1. The van der Waals surface area contributed by atoms with Crippen molar-refractivity contribution in [2.45, 2.75) is 47.1 Å². The normalized spacial score (nSPS) is 11.3. The molecular weight excluding hydrogens is 426 g/mol. The maximum absolute atomic E-state index is 13.4. The van der Waals surface area contributed by atoms with Gasteiger partial charge in [-0.1, -0.05) is 6.92 Å². The lowest BCUT2D eigenvalue weighted by Gasteiger charge is -2.11. The van der Waals surface area contributed by atoms with Gasteiger partial charge in [0.05, 0.1) is 28.4 Å². The maximum Gasteiger partial charge on any atom is 0.257 e. The molecule has 4 aromatic rings. The number of carbonyl (C=O) groups is 1. The molecular formula is C23H23N5OS2. The van der Waals surface area contributed by atoms with Crippen molar-refractivity contribution in [3.63, 3.8) is 0 Å². The summed E-state index contributed by atoms with van der Waals surface area (Å²) in [5.74, 6) is -0.262. The van der Waals surface area contributed by atoms with Crippen molar-refractivity contribution in [3.8, 4) is 17.3 Å². The highest BCUT2D eigenvalue weighted by Gasteiger charge is 2.21. The van der Waals surface area contributed by atoms with E-state index in [-0.39, 0.29) is 11.9 Å². The molecule has 0 radical (unpaired) electrons. The van der Waals surface area contributed by atoms with Gasteiger partial charge >= 0.3 is 0 Å². The summed E-state index contributed by atoms with van der Waals surface area (Å²) in [6, 6.07) is 8.06. The van der Waals surface area contributed by atoms with Gasteiger partial charge in [0.2, 0.25) is 0 Å². The fourth-order valence-corrected chi connectivity index (χ4v) is 5.44. The van der Waals surface area contributed by atoms with Crippen LogP contribution < -0.4 is 5.32 Å². The predicted molar refractivity (Wildman–Crippen MR) is 127 cm³/mol. The number of nitrogens with zero attached hydrogens (tertiary/aromatic N) is 4. The number of thiophene rings is 2. The van der Waals surface area contributed by atoms with Crippen LogP contribution in [0.3, 0.4) is 0 Å². The number of pyridine rings is 1. The van der Waals surface area contributed by atoms with Crippen molar-refractivity contribution in [2.24, 2.45) is 0 Å². The molecule has 0 aliphatic rings. The van der Waals surface area contributed by atoms with E-state index < -0.39 is 0 Å². The van der Waals surface area contributed by atoms with Gasteiger partial charge in [0.25, 0.3) is 5.91 Å². The van der Waals surface area contributed by atoms with Crippen molar-refractivity contribution >= 4 is 44.6 Å². The van der Waals surface area contributed by atoms with Crippen LogP contribution >= 0.6 is 22.7 Å². The number of hydrogen-bond donors (Lipinski definition) is 1. The first-order chi connectivity index (χ1) is 14.8. The van der Waals surface area contributed by atoms with Crippen LogP contribution in [0.1, 0.15) is 57.4 Å². The number of fused-ring (bicyclic) bond motifs is 1. The van der Waals surface area contributed by atoms with Crippen LogP contribution in [0.5, 0.6) is 0 Å². The smallest absolute Gasteiger partial charge is 0.257 e. The molecule has 158 valence electrons. The van der Waals surface area contributed by atoms with Gasteiger partial charge in [0.1, 0.15) is 11.1 Å². The van der Waals surface area contributed by atoms with E-state index in [1.807, 2.05) is 37.6 Å². The molecule has 0 bridgehead atoms. The molecule has 0 aromatic carbocycles. The Labute approximate surface area is 189 Å². The highest BCUT2D eigenvalue weighted by atomic mass is 32.1. The van der Waals surface area contributed by atoms with E-state index >= 15 is 0 Å². The molecule has 0 atom stereocenters. The number of aromatic nitrogens is 3. The summed E-state index contributed by atoms with van der Waals surface area (Å²) in [4.78, 5) is 21.7. The topological polar surface area (TPSA) is 83.6 Å². The molecule has 4 heterocycles. The van der Waals surface area contributed by atoms with Crippen molar-refractivity contribution in [3.05, 3.63) is 50.2 Å². The van der Waals surface area contributed by atoms with Gasteiger partial charge in [0, 0.05) is 26.2 Å². The van der Waals surface area contributed by atoms with Crippen LogP contribution in [-0.4, -0.2) is 20.7 Å². The van der Waals surface area contributed by atoms with Gasteiger partial charge in [-0.25, -0.2) is 9.67 Å². The van der Waals surface area contributed by atoms with E-state index in [1.54, 1.807) is 17.5 Å². The molecule has 4 rings (SSSR count). The summed E-state index contributed by atoms with van der Waals surface area (Å²) < 4.78 is 1.84. The number of carbonyl (C=O) groups excluding carboxylic acids is 1. The molecule has 1 N–H and O–H groups in total. The monoisotopic (exact) mass is 449 g/mol. The second-order valence-corrected chi connectivity index (χ2v) is 10.3. The third kappa shape index (κ3) is 3.87. The Morgan fingerprint density at radius 3 is 2.65 bits per heavy atom. The summed E-state index contributed by atoms with van der Waals surface area (Å²) in [6.45, 7) is 10.2. The van der Waals surface area contributed by atoms with Crippen molar-refractivity contribution < 1.29 is 4.79 Å². The van der Waals surface area contributed by atoms with Gasteiger partial charge in [-0.3, -0.25) is 4.79 Å². The van der Waals surface area contributed by atoms with Crippen LogP contribution in [0.25, 0.3) is 22.3 Å². The summed E-state index contributed by atoms with van der Waals surface area (Å²) >= 11 is 3.15. The number of aryl methyl sites for hydroxylation is 3. The van der Waals surface area contributed by atoms with E-state index in [0.717, 1.165) is 27.4 Å². The Hall–Kier alpha value is -3.02. The minimum atomic E-state index is -0.262. The third-order valence-electron chi connectivity index (χ3n) is 5.10. The molecule has 8 heteroatoms. The van der Waals surface area contributed by atoms with E-state index in [0.29, 0.717) is 27.2 Å². The van der Waals surface area contributed by atoms with E-state index in [1.165, 1.54) is 16.2 Å². The Morgan fingerprint density at radius 1 is 1.26 bits per heavy atom. The fraction of sp³-hybridized carbons (Fsp3) is 0.304. The molecule has 0 aliphatic carbocycles. The molecule has 0 fully saturated rings. The number of rotatable bonds is 5. The Balaban J connectivity index is 1.86. The van der Waals surface area contributed by atoms with Crippen LogP contribution in [0.4, 0.5) is 5.00 Å². The minimum Gasteiger partial charge on any atom is -0.312 e. The molecule has 1 amide bonds. The molecule has 4 aromatic heterocycles. The molecule has 0 spiro atoms. The average Bonchev–Trinajstić information content (AvgIpc) is 3.42. The zero-order valence-electron chi connectivity index (χ0n) is 18.1. The van der Waals surface area contributed by atoms with E-state index in [4.69, 9.17) is 4.98 Å². The molecule has 6 nitrogen and oxygen atoms in total. The fourth-order valence-electron chi connectivity index (χ4n) is 3.57. The number of hydrogen-bond acceptors (Lipinski definition) is 6. The minimum absolute atomic E-state index is 0.107. The van der Waals surface area contributed by atoms with Crippen LogP contribution in [0.15, 0.2) is 24.4 Å². The largest absolute Gasteiger partial charge is 0.312 e. The summed E-state index contributed by atoms with van der Waals surface area (Å²) in [6.07, 6.45) is 2.51. The molecule has 0 aliphatic heterocycles.